The fourth-order valence-electron chi connectivity index (χ4n) is 5.92. The number of hydrogen-bond acceptors (Lipinski definition) is 6. The van der Waals surface area contributed by atoms with Crippen LogP contribution in [0.4, 0.5) is 0 Å². The van der Waals surface area contributed by atoms with Crippen LogP contribution in [0.3, 0.4) is 0 Å². The Bertz CT molecular complexity index is 792. The standard InChI is InChI=1S/C40H72N2O4/c1-5-9-11-13-15-17-19-21-23-25-29-33-41(7-3)35-45-39(43)37-31-27-28-32-38(37)40(44)46-36-42(8-4)34-30-26-24-22-20-18-16-14-12-10-6-2/h27-28,31-32H,5-26,29-30,33-36H2,1-4H3. The van der Waals surface area contributed by atoms with Crippen LogP contribution in [0.25, 0.3) is 0 Å². The first-order valence-electron chi connectivity index (χ1n) is 19.4. The molecule has 0 bridgehead atoms. The summed E-state index contributed by atoms with van der Waals surface area (Å²) in [7, 11) is 0. The molecule has 0 amide bonds. The van der Waals surface area contributed by atoms with Gasteiger partial charge in [0.1, 0.15) is 13.5 Å². The number of carbonyl (C=O) groups excluding carboxylic acids is 2. The average Bonchev–Trinajstić information content (AvgIpc) is 3.08. The third-order valence-electron chi connectivity index (χ3n) is 9.17. The molecular formula is C40H72N2O4. The summed E-state index contributed by atoms with van der Waals surface area (Å²) in [6.07, 6.45) is 28.9. The summed E-state index contributed by atoms with van der Waals surface area (Å²) in [4.78, 5) is 30.3. The summed E-state index contributed by atoms with van der Waals surface area (Å²) in [5.41, 5.74) is 0.540. The highest BCUT2D eigenvalue weighted by molar-refractivity contribution is 6.03. The second-order valence-corrected chi connectivity index (χ2v) is 13.2. The Morgan fingerprint density at radius 3 is 1.02 bits per heavy atom. The van der Waals surface area contributed by atoms with E-state index in [1.54, 1.807) is 24.3 Å². The Kier molecular flexibility index (Phi) is 27.8. The molecule has 6 nitrogen and oxygen atoms in total. The molecule has 0 saturated heterocycles. The molecule has 1 aromatic rings. The molecule has 0 aliphatic carbocycles. The lowest BCUT2D eigenvalue weighted by atomic mass is 10.1. The van der Waals surface area contributed by atoms with Gasteiger partial charge in [0.25, 0.3) is 0 Å². The molecule has 1 rings (SSSR count). The van der Waals surface area contributed by atoms with E-state index in [0.717, 1.165) is 39.0 Å². The van der Waals surface area contributed by atoms with Crippen molar-refractivity contribution < 1.29 is 19.1 Å². The Morgan fingerprint density at radius 2 is 0.739 bits per heavy atom. The van der Waals surface area contributed by atoms with Crippen LogP contribution in [0.2, 0.25) is 0 Å². The minimum atomic E-state index is -0.474. The molecule has 0 radical (unpaired) electrons. The lowest BCUT2D eigenvalue weighted by molar-refractivity contribution is 0.0180. The molecule has 0 spiro atoms. The van der Waals surface area contributed by atoms with E-state index < -0.39 is 11.9 Å². The molecule has 0 aliphatic heterocycles. The summed E-state index contributed by atoms with van der Waals surface area (Å²) in [5, 5.41) is 0. The van der Waals surface area contributed by atoms with E-state index in [1.165, 1.54) is 128 Å². The van der Waals surface area contributed by atoms with E-state index in [0.29, 0.717) is 0 Å². The fourth-order valence-corrected chi connectivity index (χ4v) is 5.92. The molecule has 0 aromatic heterocycles. The SMILES string of the molecule is CCCCCCCCCCCCCN(CC)COC(=O)c1ccccc1C(=O)OCN(CC)CCCCCCCCCCCCC. The number of nitrogens with zero attached hydrogens (tertiary/aromatic N) is 2. The molecule has 0 heterocycles. The minimum Gasteiger partial charge on any atom is -0.446 e. The predicted octanol–water partition coefficient (Wildman–Crippen LogP) is 11.2. The van der Waals surface area contributed by atoms with Crippen molar-refractivity contribution in [1.29, 1.82) is 0 Å². The van der Waals surface area contributed by atoms with Crippen LogP contribution in [0.5, 0.6) is 0 Å². The van der Waals surface area contributed by atoms with Crippen molar-refractivity contribution in [2.45, 2.75) is 169 Å². The number of hydrogen-bond donors (Lipinski definition) is 0. The number of esters is 2. The number of unbranched alkanes of at least 4 members (excludes halogenated alkanes) is 20. The van der Waals surface area contributed by atoms with Crippen LogP contribution >= 0.6 is 0 Å². The zero-order valence-corrected chi connectivity index (χ0v) is 30.6. The lowest BCUT2D eigenvalue weighted by Crippen LogP contribution is -2.30. The van der Waals surface area contributed by atoms with Crippen molar-refractivity contribution in [1.82, 2.24) is 9.80 Å². The van der Waals surface area contributed by atoms with Gasteiger partial charge in [0.15, 0.2) is 0 Å². The molecule has 0 atom stereocenters. The van der Waals surface area contributed by atoms with E-state index in [-0.39, 0.29) is 24.6 Å². The molecule has 0 N–H and O–H groups in total. The molecule has 266 valence electrons. The Hall–Kier alpha value is -1.92. The first kappa shape index (κ1) is 42.1. The van der Waals surface area contributed by atoms with E-state index in [2.05, 4.69) is 37.5 Å². The summed E-state index contributed by atoms with van der Waals surface area (Å²) >= 11 is 0. The van der Waals surface area contributed by atoms with Gasteiger partial charge in [-0.15, -0.1) is 0 Å². The Balaban J connectivity index is 2.30. The first-order chi connectivity index (χ1) is 22.6. The van der Waals surface area contributed by atoms with Crippen molar-refractivity contribution in [2.24, 2.45) is 0 Å². The Labute approximate surface area is 284 Å². The van der Waals surface area contributed by atoms with Gasteiger partial charge in [0, 0.05) is 13.1 Å². The van der Waals surface area contributed by atoms with Crippen LogP contribution < -0.4 is 0 Å². The number of rotatable bonds is 32. The van der Waals surface area contributed by atoms with Gasteiger partial charge < -0.3 is 9.47 Å². The maximum absolute atomic E-state index is 13.0. The first-order valence-corrected chi connectivity index (χ1v) is 19.4. The van der Waals surface area contributed by atoms with Gasteiger partial charge in [-0.3, -0.25) is 9.80 Å². The smallest absolute Gasteiger partial charge is 0.340 e. The molecule has 6 heteroatoms. The van der Waals surface area contributed by atoms with E-state index in [1.807, 2.05) is 0 Å². The molecule has 0 fully saturated rings. The zero-order chi connectivity index (χ0) is 33.5. The Morgan fingerprint density at radius 1 is 0.457 bits per heavy atom. The highest BCUT2D eigenvalue weighted by Gasteiger charge is 2.20. The van der Waals surface area contributed by atoms with Crippen LogP contribution in [-0.4, -0.2) is 61.4 Å². The predicted molar refractivity (Wildman–Crippen MR) is 194 cm³/mol. The van der Waals surface area contributed by atoms with Gasteiger partial charge >= 0.3 is 11.9 Å². The number of benzene rings is 1. The number of carbonyl (C=O) groups is 2. The molecule has 1 aromatic carbocycles. The third kappa shape index (κ3) is 21.8. The monoisotopic (exact) mass is 645 g/mol. The summed E-state index contributed by atoms with van der Waals surface area (Å²) < 4.78 is 11.3. The minimum absolute atomic E-state index is 0.235. The van der Waals surface area contributed by atoms with Crippen molar-refractivity contribution in [3.8, 4) is 0 Å². The highest BCUT2D eigenvalue weighted by Crippen LogP contribution is 2.15. The average molecular weight is 645 g/mol. The normalized spacial score (nSPS) is 11.4. The largest absolute Gasteiger partial charge is 0.446 e. The van der Waals surface area contributed by atoms with Gasteiger partial charge in [-0.05, 0) is 38.1 Å². The molecular weight excluding hydrogens is 572 g/mol. The van der Waals surface area contributed by atoms with Gasteiger partial charge in [0.05, 0.1) is 11.1 Å². The fraction of sp³-hybridized carbons (Fsp3) is 0.800. The van der Waals surface area contributed by atoms with Crippen molar-refractivity contribution in [3.63, 3.8) is 0 Å². The quantitative estimate of drug-likeness (QED) is 0.0442. The van der Waals surface area contributed by atoms with E-state index in [9.17, 15) is 9.59 Å². The van der Waals surface area contributed by atoms with Crippen molar-refractivity contribution in [3.05, 3.63) is 35.4 Å². The van der Waals surface area contributed by atoms with Gasteiger partial charge in [-0.1, -0.05) is 168 Å². The number of ether oxygens (including phenoxy) is 2. The topological polar surface area (TPSA) is 59.1 Å². The summed E-state index contributed by atoms with van der Waals surface area (Å²) in [5.74, 6) is -0.948. The van der Waals surface area contributed by atoms with E-state index in [4.69, 9.17) is 9.47 Å². The summed E-state index contributed by atoms with van der Waals surface area (Å²) in [6.45, 7) is 12.7. The van der Waals surface area contributed by atoms with Crippen molar-refractivity contribution in [2.75, 3.05) is 39.6 Å². The maximum atomic E-state index is 13.0. The lowest BCUT2D eigenvalue weighted by Gasteiger charge is -2.21. The van der Waals surface area contributed by atoms with Gasteiger partial charge in [0.2, 0.25) is 0 Å². The van der Waals surface area contributed by atoms with Crippen LogP contribution in [0.1, 0.15) is 190 Å². The highest BCUT2D eigenvalue weighted by atomic mass is 16.6. The van der Waals surface area contributed by atoms with E-state index >= 15 is 0 Å². The van der Waals surface area contributed by atoms with Crippen LogP contribution in [0.15, 0.2) is 24.3 Å². The second-order valence-electron chi connectivity index (χ2n) is 13.2. The van der Waals surface area contributed by atoms with Crippen LogP contribution in [-0.2, 0) is 9.47 Å². The third-order valence-corrected chi connectivity index (χ3v) is 9.17. The molecule has 0 aliphatic rings. The van der Waals surface area contributed by atoms with Gasteiger partial charge in [-0.25, -0.2) is 9.59 Å². The molecule has 0 saturated carbocycles. The zero-order valence-electron chi connectivity index (χ0n) is 30.6. The van der Waals surface area contributed by atoms with Crippen molar-refractivity contribution >= 4 is 11.9 Å². The van der Waals surface area contributed by atoms with Crippen LogP contribution in [0, 0.1) is 0 Å². The maximum Gasteiger partial charge on any atom is 0.340 e. The van der Waals surface area contributed by atoms with Gasteiger partial charge in [-0.2, -0.15) is 0 Å². The molecule has 46 heavy (non-hydrogen) atoms. The molecule has 0 unspecified atom stereocenters. The summed E-state index contributed by atoms with van der Waals surface area (Å²) in [6, 6.07) is 6.84. The second kappa shape index (κ2) is 30.4.